The van der Waals surface area contributed by atoms with Crippen LogP contribution in [0.5, 0.6) is 0 Å². The van der Waals surface area contributed by atoms with E-state index in [9.17, 15) is 9.59 Å². The van der Waals surface area contributed by atoms with Crippen LogP contribution in [-0.2, 0) is 14.3 Å². The molecule has 1 aliphatic rings. The molecule has 1 aromatic heterocycles. The molecule has 1 N–H and O–H groups in total. The number of carbonyl (C=O) groups is 2. The number of likely N-dealkylation sites (N-methyl/N-ethyl adjacent to an activating group) is 1. The lowest BCUT2D eigenvalue weighted by molar-refractivity contribution is -0.160. The number of hydrogen-bond donors (Lipinski definition) is 1. The third-order valence-corrected chi connectivity index (χ3v) is 4.32. The Morgan fingerprint density at radius 2 is 1.84 bits per heavy atom. The van der Waals surface area contributed by atoms with Crippen molar-refractivity contribution >= 4 is 17.6 Å². The number of ether oxygens (including phenoxy) is 1. The number of hydrogen-bond acceptors (Lipinski definition) is 4. The first-order valence-corrected chi connectivity index (χ1v) is 8.13. The average Bonchev–Trinajstić information content (AvgIpc) is 2.60. The van der Waals surface area contributed by atoms with Gasteiger partial charge in [0.15, 0.2) is 6.10 Å². The molecule has 0 radical (unpaired) electrons. The first-order valence-electron chi connectivity index (χ1n) is 8.13. The van der Waals surface area contributed by atoms with Crippen molar-refractivity contribution in [2.75, 3.05) is 19.0 Å². The Morgan fingerprint density at radius 1 is 1.16 bits per heavy atom. The van der Waals surface area contributed by atoms with Crippen molar-refractivity contribution in [2.24, 2.45) is 0 Å². The van der Waals surface area contributed by atoms with Gasteiger partial charge in [-0.1, -0.05) is 35.9 Å². The van der Waals surface area contributed by atoms with E-state index in [0.29, 0.717) is 5.82 Å². The molecule has 0 aliphatic carbocycles. The fourth-order valence-electron chi connectivity index (χ4n) is 2.83. The van der Waals surface area contributed by atoms with Gasteiger partial charge in [-0.05, 0) is 31.0 Å². The molecule has 1 saturated heterocycles. The molecule has 0 bridgehead atoms. The number of carbonyl (C=O) groups excluding carboxylic acids is 2. The van der Waals surface area contributed by atoms with E-state index in [2.05, 4.69) is 10.3 Å². The number of rotatable bonds is 3. The Hall–Kier alpha value is -2.73. The standard InChI is InChI=1S/C19H21N3O3/c1-12-4-7-14(8-5-12)17-18(25-11-16(23)22(17)3)19(24)21-15-9-6-13(2)10-20-15/h4-10,17-18H,11H2,1-3H3,(H,20,21,24). The normalized spacial score (nSPS) is 20.4. The number of nitrogens with one attached hydrogen (secondary N) is 1. The van der Waals surface area contributed by atoms with E-state index in [1.54, 1.807) is 24.2 Å². The van der Waals surface area contributed by atoms with Crippen LogP contribution < -0.4 is 5.32 Å². The first kappa shape index (κ1) is 17.1. The Morgan fingerprint density at radius 3 is 2.48 bits per heavy atom. The zero-order valence-electron chi connectivity index (χ0n) is 14.5. The number of benzene rings is 1. The van der Waals surface area contributed by atoms with Crippen LogP contribution in [0.1, 0.15) is 22.7 Å². The van der Waals surface area contributed by atoms with Gasteiger partial charge in [-0.15, -0.1) is 0 Å². The minimum absolute atomic E-state index is 0.113. The van der Waals surface area contributed by atoms with E-state index in [4.69, 9.17) is 4.74 Å². The van der Waals surface area contributed by atoms with Gasteiger partial charge in [0, 0.05) is 13.2 Å². The Kier molecular flexibility index (Phi) is 4.81. The van der Waals surface area contributed by atoms with Gasteiger partial charge in [0.1, 0.15) is 12.4 Å². The van der Waals surface area contributed by atoms with E-state index in [0.717, 1.165) is 16.7 Å². The van der Waals surface area contributed by atoms with Crippen molar-refractivity contribution in [1.82, 2.24) is 9.88 Å². The van der Waals surface area contributed by atoms with Gasteiger partial charge in [0.05, 0.1) is 6.04 Å². The molecule has 2 atom stereocenters. The van der Waals surface area contributed by atoms with Gasteiger partial charge in [0.2, 0.25) is 5.91 Å². The summed E-state index contributed by atoms with van der Waals surface area (Å²) in [5.74, 6) is -0.00854. The summed E-state index contributed by atoms with van der Waals surface area (Å²) in [6, 6.07) is 10.9. The predicted molar refractivity (Wildman–Crippen MR) is 94.0 cm³/mol. The van der Waals surface area contributed by atoms with Crippen molar-refractivity contribution in [3.8, 4) is 0 Å². The summed E-state index contributed by atoms with van der Waals surface area (Å²) in [7, 11) is 1.69. The summed E-state index contributed by atoms with van der Waals surface area (Å²) in [4.78, 5) is 30.6. The van der Waals surface area contributed by atoms with Crippen LogP contribution in [0.2, 0.25) is 0 Å². The predicted octanol–water partition coefficient (Wildman–Crippen LogP) is 2.24. The molecule has 6 nitrogen and oxygen atoms in total. The largest absolute Gasteiger partial charge is 0.356 e. The van der Waals surface area contributed by atoms with Crippen molar-refractivity contribution in [3.05, 3.63) is 59.3 Å². The van der Waals surface area contributed by atoms with E-state index in [1.807, 2.05) is 44.2 Å². The summed E-state index contributed by atoms with van der Waals surface area (Å²) in [6.07, 6.45) is 0.887. The van der Waals surface area contributed by atoms with Gasteiger partial charge in [-0.3, -0.25) is 9.59 Å². The molecule has 2 amide bonds. The minimum atomic E-state index is -0.798. The molecule has 130 valence electrons. The molecule has 2 aromatic rings. The van der Waals surface area contributed by atoms with E-state index >= 15 is 0 Å². The highest BCUT2D eigenvalue weighted by molar-refractivity contribution is 5.95. The van der Waals surface area contributed by atoms with Crippen molar-refractivity contribution in [1.29, 1.82) is 0 Å². The highest BCUT2D eigenvalue weighted by atomic mass is 16.5. The van der Waals surface area contributed by atoms with Gasteiger partial charge in [0.25, 0.3) is 5.91 Å². The number of amides is 2. The lowest BCUT2D eigenvalue weighted by atomic mass is 9.97. The SMILES string of the molecule is Cc1ccc(C2C(C(=O)Nc3ccc(C)cn3)OCC(=O)N2C)cc1. The second-order valence-corrected chi connectivity index (χ2v) is 6.30. The fourth-order valence-corrected chi connectivity index (χ4v) is 2.83. The molecule has 2 heterocycles. The number of morpholine rings is 1. The van der Waals surface area contributed by atoms with E-state index in [1.165, 1.54) is 0 Å². The van der Waals surface area contributed by atoms with Crippen LogP contribution >= 0.6 is 0 Å². The maximum absolute atomic E-state index is 12.7. The van der Waals surface area contributed by atoms with Crippen LogP contribution in [0, 0.1) is 13.8 Å². The summed E-state index contributed by atoms with van der Waals surface area (Å²) in [6.45, 7) is 3.80. The molecule has 2 unspecified atom stereocenters. The second-order valence-electron chi connectivity index (χ2n) is 6.30. The maximum Gasteiger partial charge on any atom is 0.257 e. The summed E-state index contributed by atoms with van der Waals surface area (Å²) in [5, 5.41) is 2.77. The monoisotopic (exact) mass is 339 g/mol. The van der Waals surface area contributed by atoms with E-state index < -0.39 is 12.1 Å². The topological polar surface area (TPSA) is 71.5 Å². The molecular formula is C19H21N3O3. The lowest BCUT2D eigenvalue weighted by Crippen LogP contribution is -2.51. The summed E-state index contributed by atoms with van der Waals surface area (Å²) < 4.78 is 5.58. The Labute approximate surface area is 146 Å². The van der Waals surface area contributed by atoms with Crippen LogP contribution in [0.25, 0.3) is 0 Å². The molecule has 3 rings (SSSR count). The number of anilines is 1. The highest BCUT2D eigenvalue weighted by Crippen LogP contribution is 2.30. The van der Waals surface area contributed by atoms with Crippen molar-refractivity contribution in [2.45, 2.75) is 26.0 Å². The summed E-state index contributed by atoms with van der Waals surface area (Å²) >= 11 is 0. The van der Waals surface area contributed by atoms with Gasteiger partial charge in [-0.2, -0.15) is 0 Å². The third kappa shape index (κ3) is 3.69. The Balaban J connectivity index is 1.85. The number of aryl methyl sites for hydroxylation is 2. The molecule has 25 heavy (non-hydrogen) atoms. The quantitative estimate of drug-likeness (QED) is 0.931. The summed E-state index contributed by atoms with van der Waals surface area (Å²) in [5.41, 5.74) is 2.98. The molecule has 1 aliphatic heterocycles. The van der Waals surface area contributed by atoms with Gasteiger partial charge >= 0.3 is 0 Å². The zero-order chi connectivity index (χ0) is 18.0. The molecule has 0 spiro atoms. The smallest absolute Gasteiger partial charge is 0.257 e. The van der Waals surface area contributed by atoms with Crippen LogP contribution in [0.15, 0.2) is 42.6 Å². The van der Waals surface area contributed by atoms with Crippen LogP contribution in [0.4, 0.5) is 5.82 Å². The molecule has 1 aromatic carbocycles. The molecule has 6 heteroatoms. The number of nitrogens with zero attached hydrogens (tertiary/aromatic N) is 2. The van der Waals surface area contributed by atoms with Crippen LogP contribution in [-0.4, -0.2) is 41.5 Å². The fraction of sp³-hybridized carbons (Fsp3) is 0.316. The third-order valence-electron chi connectivity index (χ3n) is 4.32. The molecule has 1 fully saturated rings. The van der Waals surface area contributed by atoms with Crippen LogP contribution in [0.3, 0.4) is 0 Å². The maximum atomic E-state index is 12.7. The van der Waals surface area contributed by atoms with Gasteiger partial charge < -0.3 is 15.0 Å². The number of aromatic nitrogens is 1. The Bertz CT molecular complexity index is 772. The van der Waals surface area contributed by atoms with Crippen molar-refractivity contribution < 1.29 is 14.3 Å². The van der Waals surface area contributed by atoms with Crippen molar-refractivity contribution in [3.63, 3.8) is 0 Å². The molecular weight excluding hydrogens is 318 g/mol. The first-order chi connectivity index (χ1) is 12.0. The highest BCUT2D eigenvalue weighted by Gasteiger charge is 2.40. The van der Waals surface area contributed by atoms with E-state index in [-0.39, 0.29) is 18.4 Å². The molecule has 0 saturated carbocycles. The minimum Gasteiger partial charge on any atom is -0.356 e. The number of pyridine rings is 1. The second kappa shape index (κ2) is 7.03. The average molecular weight is 339 g/mol. The van der Waals surface area contributed by atoms with Gasteiger partial charge in [-0.25, -0.2) is 4.98 Å². The lowest BCUT2D eigenvalue weighted by Gasteiger charge is -2.38. The zero-order valence-corrected chi connectivity index (χ0v) is 14.5.